The van der Waals surface area contributed by atoms with Gasteiger partial charge in [-0.2, -0.15) is 18.3 Å². The SMILES string of the molecule is O=C(Nc1ccccc1O)c1cnn(-c2ncccc2Cl)c1C(F)(F)F. The number of para-hydroxylation sites is 2. The van der Waals surface area contributed by atoms with Gasteiger partial charge in [-0.1, -0.05) is 23.7 Å². The number of phenolic OH excluding ortho intramolecular Hbond substituents is 1. The number of pyridine rings is 1. The third-order valence-corrected chi connectivity index (χ3v) is 3.67. The Bertz CT molecular complexity index is 972. The smallest absolute Gasteiger partial charge is 0.434 e. The zero-order valence-electron chi connectivity index (χ0n) is 12.8. The molecule has 3 rings (SSSR count). The Balaban J connectivity index is 2.07. The lowest BCUT2D eigenvalue weighted by Crippen LogP contribution is -2.21. The average Bonchev–Trinajstić information content (AvgIpc) is 3.02. The topological polar surface area (TPSA) is 80.0 Å². The third-order valence-electron chi connectivity index (χ3n) is 3.37. The van der Waals surface area contributed by atoms with Crippen LogP contribution in [0.25, 0.3) is 5.82 Å². The molecule has 2 N–H and O–H groups in total. The number of nitrogens with zero attached hydrogens (tertiary/aromatic N) is 3. The summed E-state index contributed by atoms with van der Waals surface area (Å²) in [5.74, 6) is -1.63. The van der Waals surface area contributed by atoms with Gasteiger partial charge in [-0.25, -0.2) is 9.67 Å². The molecule has 6 nitrogen and oxygen atoms in total. The molecule has 0 saturated heterocycles. The van der Waals surface area contributed by atoms with E-state index in [-0.39, 0.29) is 22.3 Å². The van der Waals surface area contributed by atoms with Gasteiger partial charge in [-0.05, 0) is 24.3 Å². The van der Waals surface area contributed by atoms with E-state index < -0.39 is 23.3 Å². The van der Waals surface area contributed by atoms with Crippen molar-refractivity contribution in [3.63, 3.8) is 0 Å². The van der Waals surface area contributed by atoms with Crippen LogP contribution in [0.2, 0.25) is 5.02 Å². The summed E-state index contributed by atoms with van der Waals surface area (Å²) in [7, 11) is 0. The van der Waals surface area contributed by atoms with E-state index in [4.69, 9.17) is 11.6 Å². The van der Waals surface area contributed by atoms with Crippen LogP contribution in [0.3, 0.4) is 0 Å². The first-order chi connectivity index (χ1) is 12.3. The molecule has 0 spiro atoms. The first-order valence-corrected chi connectivity index (χ1v) is 7.52. The highest BCUT2D eigenvalue weighted by atomic mass is 35.5. The minimum Gasteiger partial charge on any atom is -0.506 e. The van der Waals surface area contributed by atoms with Crippen LogP contribution in [0, 0.1) is 0 Å². The molecule has 0 atom stereocenters. The van der Waals surface area contributed by atoms with Gasteiger partial charge in [-0.15, -0.1) is 0 Å². The molecule has 0 fully saturated rings. The highest BCUT2D eigenvalue weighted by Crippen LogP contribution is 2.35. The quantitative estimate of drug-likeness (QED) is 0.673. The van der Waals surface area contributed by atoms with Gasteiger partial charge in [0.1, 0.15) is 5.75 Å². The van der Waals surface area contributed by atoms with Crippen molar-refractivity contribution in [3.05, 3.63) is 65.1 Å². The van der Waals surface area contributed by atoms with E-state index in [0.717, 1.165) is 6.20 Å². The van der Waals surface area contributed by atoms with E-state index in [1.807, 2.05) is 0 Å². The van der Waals surface area contributed by atoms with E-state index in [1.165, 1.54) is 42.6 Å². The van der Waals surface area contributed by atoms with Gasteiger partial charge in [0.25, 0.3) is 5.91 Å². The molecule has 0 bridgehead atoms. The van der Waals surface area contributed by atoms with Crippen LogP contribution in [0.4, 0.5) is 18.9 Å². The number of hydrogen-bond acceptors (Lipinski definition) is 4. The Morgan fingerprint density at radius 1 is 1.19 bits per heavy atom. The van der Waals surface area contributed by atoms with Crippen molar-refractivity contribution in [2.45, 2.75) is 6.18 Å². The van der Waals surface area contributed by atoms with Crippen molar-refractivity contribution in [1.82, 2.24) is 14.8 Å². The Morgan fingerprint density at radius 3 is 2.58 bits per heavy atom. The van der Waals surface area contributed by atoms with E-state index in [0.29, 0.717) is 4.68 Å². The number of nitrogens with one attached hydrogen (secondary N) is 1. The molecule has 0 radical (unpaired) electrons. The van der Waals surface area contributed by atoms with Crippen LogP contribution in [-0.2, 0) is 6.18 Å². The van der Waals surface area contributed by atoms with Crippen molar-refractivity contribution in [3.8, 4) is 11.6 Å². The lowest BCUT2D eigenvalue weighted by Gasteiger charge is -2.13. The van der Waals surface area contributed by atoms with Crippen LogP contribution < -0.4 is 5.32 Å². The maximum Gasteiger partial charge on any atom is 0.434 e. The summed E-state index contributed by atoms with van der Waals surface area (Å²) in [6.07, 6.45) is -2.88. The summed E-state index contributed by atoms with van der Waals surface area (Å²) in [5, 5.41) is 15.5. The van der Waals surface area contributed by atoms with Crippen molar-refractivity contribution in [1.29, 1.82) is 0 Å². The van der Waals surface area contributed by atoms with Crippen LogP contribution in [0.5, 0.6) is 5.75 Å². The summed E-state index contributed by atoms with van der Waals surface area (Å²) in [5.41, 5.74) is -2.09. The average molecular weight is 383 g/mol. The van der Waals surface area contributed by atoms with Crippen LogP contribution in [-0.4, -0.2) is 25.8 Å². The number of halogens is 4. The zero-order chi connectivity index (χ0) is 18.9. The number of aromatic nitrogens is 3. The summed E-state index contributed by atoms with van der Waals surface area (Å²) >= 11 is 5.90. The first-order valence-electron chi connectivity index (χ1n) is 7.14. The maximum absolute atomic E-state index is 13.6. The molecule has 1 amide bonds. The van der Waals surface area contributed by atoms with Gasteiger partial charge >= 0.3 is 6.18 Å². The number of anilines is 1. The van der Waals surface area contributed by atoms with Gasteiger partial charge in [0.05, 0.1) is 22.5 Å². The Hall–Kier alpha value is -3.07. The second-order valence-corrected chi connectivity index (χ2v) is 5.50. The molecular weight excluding hydrogens is 373 g/mol. The minimum atomic E-state index is -4.90. The number of benzene rings is 1. The molecule has 0 unspecified atom stereocenters. The molecule has 26 heavy (non-hydrogen) atoms. The molecular formula is C16H10ClF3N4O2. The Morgan fingerprint density at radius 2 is 1.92 bits per heavy atom. The van der Waals surface area contributed by atoms with Gasteiger partial charge in [0, 0.05) is 6.20 Å². The lowest BCUT2D eigenvalue weighted by molar-refractivity contribution is -0.143. The fourth-order valence-electron chi connectivity index (χ4n) is 2.25. The molecule has 3 aromatic rings. The first kappa shape index (κ1) is 17.7. The number of rotatable bonds is 3. The van der Waals surface area contributed by atoms with Gasteiger partial charge in [0.2, 0.25) is 0 Å². The van der Waals surface area contributed by atoms with Crippen LogP contribution in [0.1, 0.15) is 16.1 Å². The minimum absolute atomic E-state index is 0.0331. The molecule has 0 saturated carbocycles. The molecule has 134 valence electrons. The largest absolute Gasteiger partial charge is 0.506 e. The molecule has 0 aliphatic rings. The number of phenols is 1. The summed E-state index contributed by atoms with van der Waals surface area (Å²) in [4.78, 5) is 16.1. The number of carbonyl (C=O) groups is 1. The standard InChI is InChI=1S/C16H10ClF3N4O2/c17-10-4-3-7-21-14(10)24-13(16(18,19)20)9(8-22-24)15(26)23-11-5-1-2-6-12(11)25/h1-8,25H,(H,23,26). The van der Waals surface area contributed by atoms with E-state index in [9.17, 15) is 23.1 Å². The maximum atomic E-state index is 13.6. The highest BCUT2D eigenvalue weighted by Gasteiger charge is 2.41. The number of alkyl halides is 3. The van der Waals surface area contributed by atoms with Crippen molar-refractivity contribution < 1.29 is 23.1 Å². The molecule has 2 heterocycles. The lowest BCUT2D eigenvalue weighted by atomic mass is 10.2. The van der Waals surface area contributed by atoms with Crippen LogP contribution >= 0.6 is 11.6 Å². The van der Waals surface area contributed by atoms with E-state index >= 15 is 0 Å². The van der Waals surface area contributed by atoms with Gasteiger partial charge in [-0.3, -0.25) is 4.79 Å². The molecule has 2 aromatic heterocycles. The predicted molar refractivity (Wildman–Crippen MR) is 87.4 cm³/mol. The molecule has 1 aromatic carbocycles. The van der Waals surface area contributed by atoms with Gasteiger partial charge in [0.15, 0.2) is 11.5 Å². The summed E-state index contributed by atoms with van der Waals surface area (Å²) in [6, 6.07) is 8.46. The number of hydrogen-bond donors (Lipinski definition) is 2. The molecule has 10 heteroatoms. The van der Waals surface area contributed by atoms with Crippen molar-refractivity contribution >= 4 is 23.2 Å². The number of aromatic hydroxyl groups is 1. The van der Waals surface area contributed by atoms with E-state index in [1.54, 1.807) is 0 Å². The predicted octanol–water partition coefficient (Wildman–Crippen LogP) is 3.90. The second kappa shape index (κ2) is 6.68. The Kier molecular flexibility index (Phi) is 4.56. The molecule has 0 aliphatic carbocycles. The molecule has 0 aliphatic heterocycles. The monoisotopic (exact) mass is 382 g/mol. The van der Waals surface area contributed by atoms with Crippen LogP contribution in [0.15, 0.2) is 48.8 Å². The normalized spacial score (nSPS) is 11.4. The summed E-state index contributed by atoms with van der Waals surface area (Å²) in [6.45, 7) is 0. The third kappa shape index (κ3) is 3.33. The zero-order valence-corrected chi connectivity index (χ0v) is 13.6. The Labute approximate surface area is 149 Å². The second-order valence-electron chi connectivity index (χ2n) is 5.10. The number of amides is 1. The summed E-state index contributed by atoms with van der Waals surface area (Å²) < 4.78 is 41.2. The number of carbonyl (C=O) groups excluding carboxylic acids is 1. The fraction of sp³-hybridized carbons (Fsp3) is 0.0625. The van der Waals surface area contributed by atoms with Gasteiger partial charge < -0.3 is 10.4 Å². The van der Waals surface area contributed by atoms with E-state index in [2.05, 4.69) is 15.4 Å². The van der Waals surface area contributed by atoms with Crippen molar-refractivity contribution in [2.75, 3.05) is 5.32 Å². The fourth-order valence-corrected chi connectivity index (χ4v) is 2.45. The van der Waals surface area contributed by atoms with Crippen molar-refractivity contribution in [2.24, 2.45) is 0 Å². The highest BCUT2D eigenvalue weighted by molar-refractivity contribution is 6.32.